The molecule has 1 aliphatic carbocycles. The molecule has 2 atom stereocenters. The number of hydrogen-bond acceptors (Lipinski definition) is 3. The quantitative estimate of drug-likeness (QED) is 0.771. The number of rotatable bonds is 6. The third-order valence-electron chi connectivity index (χ3n) is 5.01. The van der Waals surface area contributed by atoms with Gasteiger partial charge in [0.2, 0.25) is 5.91 Å². The van der Waals surface area contributed by atoms with Crippen LogP contribution in [0.15, 0.2) is 0 Å². The van der Waals surface area contributed by atoms with Crippen LogP contribution in [0, 0.1) is 5.41 Å². The van der Waals surface area contributed by atoms with E-state index in [1.165, 1.54) is 25.7 Å². The minimum absolute atomic E-state index is 0.358. The van der Waals surface area contributed by atoms with E-state index in [1.54, 1.807) is 7.11 Å². The van der Waals surface area contributed by atoms with Crippen LogP contribution in [0.25, 0.3) is 0 Å². The smallest absolute Gasteiger partial charge is 0.224 e. The van der Waals surface area contributed by atoms with E-state index >= 15 is 0 Å². The first-order valence-electron chi connectivity index (χ1n) is 7.26. The lowest BCUT2D eigenvalue weighted by Gasteiger charge is -2.24. The maximum Gasteiger partial charge on any atom is 0.224 e. The first kappa shape index (κ1) is 12.4. The molecule has 2 saturated heterocycles. The molecule has 0 aromatic carbocycles. The molecule has 1 saturated carbocycles. The normalized spacial score (nSPS) is 32.9. The average Bonchev–Trinajstić information content (AvgIpc) is 2.84. The zero-order valence-corrected chi connectivity index (χ0v) is 11.3. The largest absolute Gasteiger partial charge is 0.385 e. The second-order valence-electron chi connectivity index (χ2n) is 6.23. The predicted molar refractivity (Wildman–Crippen MR) is 69.3 cm³/mol. The van der Waals surface area contributed by atoms with Crippen LogP contribution in [-0.2, 0) is 9.53 Å². The maximum absolute atomic E-state index is 11.8. The third kappa shape index (κ3) is 2.28. The highest BCUT2D eigenvalue weighted by Crippen LogP contribution is 2.48. The summed E-state index contributed by atoms with van der Waals surface area (Å²) in [6, 6.07) is 0.885. The Hall–Kier alpha value is -0.610. The molecule has 0 aromatic heterocycles. The van der Waals surface area contributed by atoms with Crippen LogP contribution < -0.4 is 5.32 Å². The molecule has 2 unspecified atom stereocenters. The number of fused-ring (bicyclic) bond motifs is 1. The number of methoxy groups -OCH3 is 1. The van der Waals surface area contributed by atoms with E-state index in [1.807, 2.05) is 0 Å². The van der Waals surface area contributed by atoms with Crippen LogP contribution in [0.2, 0.25) is 0 Å². The van der Waals surface area contributed by atoms with Gasteiger partial charge in [0.25, 0.3) is 0 Å². The minimum Gasteiger partial charge on any atom is -0.385 e. The van der Waals surface area contributed by atoms with Crippen LogP contribution in [0.1, 0.15) is 38.5 Å². The Morgan fingerprint density at radius 1 is 1.50 bits per heavy atom. The molecule has 2 heterocycles. The van der Waals surface area contributed by atoms with Crippen LogP contribution >= 0.6 is 0 Å². The van der Waals surface area contributed by atoms with Gasteiger partial charge in [0.05, 0.1) is 0 Å². The second kappa shape index (κ2) is 4.82. The fourth-order valence-corrected chi connectivity index (χ4v) is 3.53. The number of ether oxygens (including phenoxy) is 1. The molecule has 3 aliphatic rings. The van der Waals surface area contributed by atoms with Crippen LogP contribution in [0.3, 0.4) is 0 Å². The topological polar surface area (TPSA) is 41.6 Å². The van der Waals surface area contributed by atoms with Crippen molar-refractivity contribution in [1.29, 1.82) is 0 Å². The molecular formula is C14H24N2O2. The Kier molecular flexibility index (Phi) is 3.32. The van der Waals surface area contributed by atoms with Gasteiger partial charge >= 0.3 is 0 Å². The number of carbonyl (C=O) groups is 1. The first-order chi connectivity index (χ1) is 8.74. The molecule has 0 bridgehead atoms. The second-order valence-corrected chi connectivity index (χ2v) is 6.23. The molecule has 4 nitrogen and oxygen atoms in total. The Morgan fingerprint density at radius 3 is 3.06 bits per heavy atom. The fourth-order valence-electron chi connectivity index (χ4n) is 3.53. The van der Waals surface area contributed by atoms with Crippen molar-refractivity contribution in [2.24, 2.45) is 5.41 Å². The van der Waals surface area contributed by atoms with Gasteiger partial charge in [-0.3, -0.25) is 4.79 Å². The van der Waals surface area contributed by atoms with Crippen LogP contribution in [0.5, 0.6) is 0 Å². The van der Waals surface area contributed by atoms with Gasteiger partial charge in [-0.15, -0.1) is 0 Å². The molecule has 1 N–H and O–H groups in total. The Bertz CT molecular complexity index is 328. The van der Waals surface area contributed by atoms with Gasteiger partial charge < -0.3 is 15.0 Å². The van der Waals surface area contributed by atoms with E-state index < -0.39 is 0 Å². The molecule has 18 heavy (non-hydrogen) atoms. The summed E-state index contributed by atoms with van der Waals surface area (Å²) < 4.78 is 5.19. The van der Waals surface area contributed by atoms with Gasteiger partial charge in [-0.1, -0.05) is 0 Å². The summed E-state index contributed by atoms with van der Waals surface area (Å²) in [4.78, 5) is 13.9. The summed E-state index contributed by atoms with van der Waals surface area (Å²) in [5.74, 6) is 0.358. The van der Waals surface area contributed by atoms with Gasteiger partial charge in [0.1, 0.15) is 0 Å². The van der Waals surface area contributed by atoms with Crippen molar-refractivity contribution >= 4 is 5.91 Å². The number of nitrogens with one attached hydrogen (secondary N) is 1. The van der Waals surface area contributed by atoms with Crippen LogP contribution in [-0.4, -0.2) is 49.7 Å². The summed E-state index contributed by atoms with van der Waals surface area (Å²) in [6.45, 7) is 2.91. The monoisotopic (exact) mass is 252 g/mol. The Morgan fingerprint density at radius 2 is 2.33 bits per heavy atom. The van der Waals surface area contributed by atoms with E-state index in [9.17, 15) is 4.79 Å². The molecule has 4 heteroatoms. The zero-order valence-electron chi connectivity index (χ0n) is 11.3. The van der Waals surface area contributed by atoms with E-state index in [0.717, 1.165) is 26.1 Å². The van der Waals surface area contributed by atoms with Crippen LogP contribution in [0.4, 0.5) is 0 Å². The van der Waals surface area contributed by atoms with E-state index in [4.69, 9.17) is 4.74 Å². The van der Waals surface area contributed by atoms with E-state index in [2.05, 4.69) is 10.2 Å². The molecule has 2 aliphatic heterocycles. The zero-order chi connectivity index (χ0) is 12.6. The molecule has 0 radical (unpaired) electrons. The molecule has 3 fully saturated rings. The molecule has 102 valence electrons. The highest BCUT2D eigenvalue weighted by atomic mass is 16.5. The molecule has 3 rings (SSSR count). The van der Waals surface area contributed by atoms with Gasteiger partial charge in [0.15, 0.2) is 0 Å². The van der Waals surface area contributed by atoms with Crippen molar-refractivity contribution in [1.82, 2.24) is 10.2 Å². The number of nitrogens with zero attached hydrogens (tertiary/aromatic N) is 1. The summed E-state index contributed by atoms with van der Waals surface area (Å²) in [5.41, 5.74) is 0.477. The maximum atomic E-state index is 11.8. The highest BCUT2D eigenvalue weighted by molar-refractivity contribution is 5.80. The average molecular weight is 252 g/mol. The van der Waals surface area contributed by atoms with E-state index in [-0.39, 0.29) is 0 Å². The number of carbonyl (C=O) groups excluding carboxylic acids is 1. The van der Waals surface area contributed by atoms with Gasteiger partial charge in [-0.2, -0.15) is 0 Å². The van der Waals surface area contributed by atoms with Crippen molar-refractivity contribution in [3.63, 3.8) is 0 Å². The lowest BCUT2D eigenvalue weighted by molar-refractivity contribution is -0.127. The lowest BCUT2D eigenvalue weighted by Crippen LogP contribution is -2.42. The van der Waals surface area contributed by atoms with Gasteiger partial charge in [0, 0.05) is 45.3 Å². The lowest BCUT2D eigenvalue weighted by atomic mass is 10.0. The Labute approximate surface area is 109 Å². The van der Waals surface area contributed by atoms with Crippen molar-refractivity contribution in [2.75, 3.05) is 26.8 Å². The summed E-state index contributed by atoms with van der Waals surface area (Å²) >= 11 is 0. The number of hydrogen-bond donors (Lipinski definition) is 1. The molecular weight excluding hydrogens is 228 g/mol. The van der Waals surface area contributed by atoms with Crippen molar-refractivity contribution in [3.05, 3.63) is 0 Å². The SMILES string of the molecule is COCCC1(CNC2CC(=O)N3CCCC23)CC1. The predicted octanol–water partition coefficient (Wildman–Crippen LogP) is 1.16. The highest BCUT2D eigenvalue weighted by Gasteiger charge is 2.46. The fraction of sp³-hybridized carbons (Fsp3) is 0.929. The molecule has 1 amide bonds. The van der Waals surface area contributed by atoms with E-state index in [0.29, 0.717) is 29.8 Å². The molecule has 0 aromatic rings. The summed E-state index contributed by atoms with van der Waals surface area (Å²) in [7, 11) is 1.77. The first-order valence-corrected chi connectivity index (χ1v) is 7.26. The summed E-state index contributed by atoms with van der Waals surface area (Å²) in [5, 5.41) is 3.68. The standard InChI is InChI=1S/C14H24N2O2/c1-18-8-6-14(4-5-14)10-15-11-9-13(17)16-7-2-3-12(11)16/h11-12,15H,2-10H2,1H3. The van der Waals surface area contributed by atoms with Gasteiger partial charge in [-0.05, 0) is 37.5 Å². The van der Waals surface area contributed by atoms with Crippen molar-refractivity contribution in [2.45, 2.75) is 50.6 Å². The van der Waals surface area contributed by atoms with Crippen molar-refractivity contribution in [3.8, 4) is 0 Å². The Balaban J connectivity index is 1.50. The van der Waals surface area contributed by atoms with Crippen molar-refractivity contribution < 1.29 is 9.53 Å². The third-order valence-corrected chi connectivity index (χ3v) is 5.01. The minimum atomic E-state index is 0.358. The van der Waals surface area contributed by atoms with Gasteiger partial charge in [-0.25, -0.2) is 0 Å². The number of amides is 1. The molecule has 0 spiro atoms. The summed E-state index contributed by atoms with van der Waals surface area (Å²) in [6.07, 6.45) is 6.88.